The number of hydrogen-bond acceptors (Lipinski definition) is 18. The summed E-state index contributed by atoms with van der Waals surface area (Å²) in [4.78, 5) is 154. The third-order valence-corrected chi connectivity index (χ3v) is 13.5. The monoisotopic (exact) mass is 1140 g/mol. The number of nitrogens with zero attached hydrogens (tertiary/aromatic N) is 7. The Hall–Kier alpha value is -8.28. The highest BCUT2D eigenvalue weighted by Gasteiger charge is 2.33. The molecule has 11 N–H and O–H groups in total. The summed E-state index contributed by atoms with van der Waals surface area (Å²) in [5, 5.41) is 71.2. The summed E-state index contributed by atoms with van der Waals surface area (Å²) in [6.45, 7) is 0.558. The molecule has 29 heteroatoms. The van der Waals surface area contributed by atoms with Crippen LogP contribution in [0.1, 0.15) is 60.0 Å². The van der Waals surface area contributed by atoms with E-state index in [1.807, 2.05) is 30.3 Å². The first kappa shape index (κ1) is 63.6. The van der Waals surface area contributed by atoms with Gasteiger partial charge in [0, 0.05) is 109 Å². The molecule has 3 heterocycles. The molecule has 2 aromatic rings. The molecule has 0 aliphatic carbocycles. The number of anilines is 1. The van der Waals surface area contributed by atoms with Crippen molar-refractivity contribution in [3.05, 3.63) is 65.2 Å². The molecule has 0 saturated carbocycles. The van der Waals surface area contributed by atoms with Crippen LogP contribution in [-0.4, -0.2) is 261 Å². The molecule has 0 bridgehead atoms. The van der Waals surface area contributed by atoms with Gasteiger partial charge >= 0.3 is 35.8 Å². The zero-order valence-electron chi connectivity index (χ0n) is 44.8. The van der Waals surface area contributed by atoms with E-state index in [4.69, 9.17) is 0 Å². The quantitative estimate of drug-likeness (QED) is 0.0379. The van der Waals surface area contributed by atoms with Crippen LogP contribution in [-0.2, 0) is 61.0 Å². The second-order valence-electron chi connectivity index (χ2n) is 19.8. The fourth-order valence-corrected chi connectivity index (χ4v) is 9.35. The van der Waals surface area contributed by atoms with E-state index in [-0.39, 0.29) is 104 Å². The van der Waals surface area contributed by atoms with Crippen LogP contribution in [0.5, 0.6) is 0 Å². The molecule has 0 radical (unpaired) electrons. The van der Waals surface area contributed by atoms with Gasteiger partial charge in [-0.15, -0.1) is 0 Å². The number of carbonyl (C=O) groups is 11. The number of amides is 5. The van der Waals surface area contributed by atoms with Gasteiger partial charge in [-0.05, 0) is 48.6 Å². The van der Waals surface area contributed by atoms with Crippen molar-refractivity contribution >= 4 is 76.9 Å². The number of hydrogen-bond donors (Lipinski definition) is 11. The van der Waals surface area contributed by atoms with Gasteiger partial charge in [-0.25, -0.2) is 0 Å². The van der Waals surface area contributed by atoms with Crippen LogP contribution in [0.4, 0.5) is 5.69 Å². The number of carboxylic acid groups (broad SMARTS) is 6. The largest absolute Gasteiger partial charge is 0.481 e. The topological polar surface area (TPSA) is 401 Å². The van der Waals surface area contributed by atoms with E-state index < -0.39 is 129 Å². The number of carbonyl (C=O) groups excluding carboxylic acids is 5. The number of fused-ring (bicyclic) bond motifs is 1. The van der Waals surface area contributed by atoms with Gasteiger partial charge in [0.25, 0.3) is 5.91 Å². The Bertz CT molecular complexity index is 2580. The van der Waals surface area contributed by atoms with E-state index in [2.05, 4.69) is 31.6 Å². The third kappa shape index (κ3) is 22.4. The number of carboxylic acids is 6. The first-order valence-electron chi connectivity index (χ1n) is 26.5. The molecule has 0 spiro atoms. The number of nitrogens with one attached hydrogen (secondary N) is 5. The summed E-state index contributed by atoms with van der Waals surface area (Å²) in [6, 6.07) is 9.94. The minimum Gasteiger partial charge on any atom is -0.481 e. The predicted molar refractivity (Wildman–Crippen MR) is 287 cm³/mol. The minimum absolute atomic E-state index is 0.0345. The van der Waals surface area contributed by atoms with Crippen molar-refractivity contribution in [2.75, 3.05) is 117 Å². The van der Waals surface area contributed by atoms with Gasteiger partial charge in [-0.1, -0.05) is 30.3 Å². The Kier molecular flexibility index (Phi) is 25.2. The van der Waals surface area contributed by atoms with Crippen LogP contribution in [0.3, 0.4) is 0 Å². The number of benzene rings is 2. The number of aliphatic carboxylic acids is 6. The van der Waals surface area contributed by atoms with Gasteiger partial charge in [0.2, 0.25) is 23.6 Å². The van der Waals surface area contributed by atoms with Gasteiger partial charge in [0.05, 0.1) is 45.7 Å². The van der Waals surface area contributed by atoms with Crippen LogP contribution in [0.25, 0.3) is 0 Å². The maximum atomic E-state index is 14.2. The van der Waals surface area contributed by atoms with Gasteiger partial charge in [0.15, 0.2) is 0 Å². The SMILES string of the molecule is O=C(O)CC[C@H](NC(=O)CN1CCN(CC(=O)O)CCN(CC(=O)O)CCN(CC(=O)O)CC1)C(=O)N[C@@H](CCC(=O)O)C(=O)NCCCN1Cc2cc(C(=O)N(CC3=NCCN3)Cc3ccccc3)ccc2N[C@@H](CC(=O)O)C1=O. The van der Waals surface area contributed by atoms with Crippen molar-refractivity contribution in [1.82, 2.24) is 50.7 Å². The molecule has 3 aliphatic heterocycles. The summed E-state index contributed by atoms with van der Waals surface area (Å²) in [7, 11) is 0. The van der Waals surface area contributed by atoms with E-state index in [9.17, 15) is 83.4 Å². The second kappa shape index (κ2) is 32.1. The fourth-order valence-electron chi connectivity index (χ4n) is 9.35. The lowest BCUT2D eigenvalue weighted by Crippen LogP contribution is -2.55. The molecule has 29 nitrogen and oxygen atoms in total. The highest BCUT2D eigenvalue weighted by atomic mass is 16.4. The molecule has 2 aromatic carbocycles. The molecule has 1 saturated heterocycles. The smallest absolute Gasteiger partial charge is 0.317 e. The fraction of sp³-hybridized carbons (Fsp3) is 0.538. The van der Waals surface area contributed by atoms with Crippen molar-refractivity contribution in [3.8, 4) is 0 Å². The first-order chi connectivity index (χ1) is 38.6. The van der Waals surface area contributed by atoms with Crippen molar-refractivity contribution < 1.29 is 83.4 Å². The van der Waals surface area contributed by atoms with E-state index in [0.29, 0.717) is 35.7 Å². The molecule has 3 atom stereocenters. The van der Waals surface area contributed by atoms with E-state index >= 15 is 0 Å². The summed E-state index contributed by atoms with van der Waals surface area (Å²) < 4.78 is 0. The zero-order valence-corrected chi connectivity index (χ0v) is 44.8. The van der Waals surface area contributed by atoms with Crippen molar-refractivity contribution in [2.24, 2.45) is 4.99 Å². The average Bonchev–Trinajstić information content (AvgIpc) is 3.89. The highest BCUT2D eigenvalue weighted by molar-refractivity contribution is 5.99. The molecule has 442 valence electrons. The van der Waals surface area contributed by atoms with Crippen molar-refractivity contribution in [2.45, 2.75) is 69.7 Å². The first-order valence-corrected chi connectivity index (χ1v) is 26.5. The summed E-state index contributed by atoms with van der Waals surface area (Å²) in [5.41, 5.74) is 2.14. The van der Waals surface area contributed by atoms with Gasteiger partial charge in [0.1, 0.15) is 24.0 Å². The summed E-state index contributed by atoms with van der Waals surface area (Å²) in [6.07, 6.45) is -2.64. The van der Waals surface area contributed by atoms with Crippen LogP contribution < -0.4 is 26.6 Å². The molecule has 81 heavy (non-hydrogen) atoms. The standard InChI is InChI=1S/C52H72N12O17/c65-42(30-59-17-19-60(31-46(72)73)21-23-62(33-48(76)77)24-22-61(20-18-59)32-47(74)75)57-39(10-12-44(68)69)50(79)58-38(9-11-43(66)67)49(78)55-13-4-16-63-28-36-25-35(7-8-37(36)56-40(52(63)81)26-45(70)71)51(80)64(29-41-53-14-15-54-41)27-34-5-2-1-3-6-34/h1-3,5-8,25,38-40,56H,4,9-24,26-33H2,(H,53,54)(H,55,78)(H,57,65)(H,58,79)(H,66,67)(H,68,69)(H,70,71)(H,72,73)(H,74,75)(H,76,77)/t38-,39-,40-/m0/s1. The zero-order chi connectivity index (χ0) is 59.0. The normalized spacial score (nSPS) is 17.4. The van der Waals surface area contributed by atoms with Gasteiger partial charge < -0.3 is 67.0 Å². The Morgan fingerprint density at radius 1 is 0.642 bits per heavy atom. The molecular weight excluding hydrogens is 1060 g/mol. The Labute approximate surface area is 466 Å². The molecule has 0 unspecified atom stereocenters. The maximum Gasteiger partial charge on any atom is 0.317 e. The molecule has 0 aromatic heterocycles. The molecular formula is C52H72N12O17. The average molecular weight is 1140 g/mol. The van der Waals surface area contributed by atoms with Gasteiger partial charge in [-0.3, -0.25) is 77.3 Å². The lowest BCUT2D eigenvalue weighted by molar-refractivity contribution is -0.141. The third-order valence-electron chi connectivity index (χ3n) is 13.5. The number of aliphatic imine (C=N–C) groups is 1. The molecule has 3 aliphatic rings. The number of amidine groups is 1. The van der Waals surface area contributed by atoms with E-state index in [1.165, 1.54) is 4.90 Å². The van der Waals surface area contributed by atoms with Crippen LogP contribution in [0.15, 0.2) is 53.5 Å². The van der Waals surface area contributed by atoms with Crippen LogP contribution >= 0.6 is 0 Å². The Morgan fingerprint density at radius 2 is 1.19 bits per heavy atom. The number of rotatable bonds is 29. The lowest BCUT2D eigenvalue weighted by Gasteiger charge is -2.33. The minimum atomic E-state index is -1.57. The van der Waals surface area contributed by atoms with Gasteiger partial charge in [-0.2, -0.15) is 0 Å². The van der Waals surface area contributed by atoms with Crippen LogP contribution in [0.2, 0.25) is 0 Å². The Morgan fingerprint density at radius 3 is 1.69 bits per heavy atom. The second-order valence-corrected chi connectivity index (χ2v) is 19.8. The highest BCUT2D eigenvalue weighted by Crippen LogP contribution is 2.27. The summed E-state index contributed by atoms with van der Waals surface area (Å²) in [5.74, 6) is -10.3. The summed E-state index contributed by atoms with van der Waals surface area (Å²) >= 11 is 0. The maximum absolute atomic E-state index is 14.2. The molecule has 1 fully saturated rings. The van der Waals surface area contributed by atoms with E-state index in [1.54, 1.807) is 42.7 Å². The van der Waals surface area contributed by atoms with Crippen LogP contribution in [0, 0.1) is 0 Å². The molecule has 5 rings (SSSR count). The molecule has 5 amide bonds. The van der Waals surface area contributed by atoms with Crippen molar-refractivity contribution in [3.63, 3.8) is 0 Å². The Balaban J connectivity index is 1.26. The lowest BCUT2D eigenvalue weighted by atomic mass is 10.1. The van der Waals surface area contributed by atoms with Crippen molar-refractivity contribution in [1.29, 1.82) is 0 Å². The predicted octanol–water partition coefficient (Wildman–Crippen LogP) is -2.39. The van der Waals surface area contributed by atoms with E-state index in [0.717, 1.165) is 5.56 Å².